The van der Waals surface area contributed by atoms with Crippen LogP contribution in [0.2, 0.25) is 18.1 Å². The second-order valence-corrected chi connectivity index (χ2v) is 11.2. The van der Waals surface area contributed by atoms with Gasteiger partial charge in [-0.2, -0.15) is 0 Å². The number of benzene rings is 1. The normalized spacial score (nSPS) is 12.5. The molecule has 106 valence electrons. The molecule has 0 radical (unpaired) electrons. The number of primary amides is 1. The maximum Gasteiger partial charge on any atom is 0.248 e. The third-order valence-corrected chi connectivity index (χ3v) is 8.46. The van der Waals surface area contributed by atoms with E-state index in [9.17, 15) is 4.79 Å². The Bertz CT molecular complexity index is 450. The molecular weight excluding hydrogens is 254 g/mol. The molecule has 0 saturated heterocycles. The van der Waals surface area contributed by atoms with Gasteiger partial charge >= 0.3 is 0 Å². The molecule has 0 aliphatic heterocycles. The summed E-state index contributed by atoms with van der Waals surface area (Å²) in [6, 6.07) is 7.46. The maximum atomic E-state index is 11.3. The highest BCUT2D eigenvalue weighted by molar-refractivity contribution is 6.74. The Morgan fingerprint density at radius 2 is 1.84 bits per heavy atom. The van der Waals surface area contributed by atoms with Crippen LogP contribution in [0, 0.1) is 0 Å². The first-order valence-electron chi connectivity index (χ1n) is 6.67. The Hall–Kier alpha value is -1.13. The van der Waals surface area contributed by atoms with Gasteiger partial charge in [0.15, 0.2) is 8.32 Å². The molecule has 1 amide bonds. The summed E-state index contributed by atoms with van der Waals surface area (Å²) in [7, 11) is -1.72. The molecule has 1 aromatic rings. The summed E-state index contributed by atoms with van der Waals surface area (Å²) in [4.78, 5) is 11.3. The number of nitrogens with two attached hydrogens (primary N) is 1. The van der Waals surface area contributed by atoms with Crippen molar-refractivity contribution in [3.8, 4) is 0 Å². The van der Waals surface area contributed by atoms with Crippen LogP contribution < -0.4 is 5.73 Å². The first kappa shape index (κ1) is 15.9. The highest BCUT2D eigenvalue weighted by atomic mass is 28.4. The van der Waals surface area contributed by atoms with Gasteiger partial charge in [-0.15, -0.1) is 0 Å². The van der Waals surface area contributed by atoms with E-state index in [0.717, 1.165) is 12.0 Å². The van der Waals surface area contributed by atoms with Crippen molar-refractivity contribution in [3.63, 3.8) is 0 Å². The van der Waals surface area contributed by atoms with Crippen LogP contribution in [-0.4, -0.2) is 20.8 Å². The second-order valence-electron chi connectivity index (χ2n) is 6.38. The van der Waals surface area contributed by atoms with Crippen molar-refractivity contribution in [1.29, 1.82) is 0 Å². The third-order valence-electron chi connectivity index (χ3n) is 3.92. The monoisotopic (exact) mass is 279 g/mol. The predicted octanol–water partition coefficient (Wildman–Crippen LogP) is 3.35. The van der Waals surface area contributed by atoms with Crippen molar-refractivity contribution >= 4 is 14.2 Å². The summed E-state index contributed by atoms with van der Waals surface area (Å²) >= 11 is 0. The zero-order valence-electron chi connectivity index (χ0n) is 12.6. The molecule has 0 aliphatic rings. The Morgan fingerprint density at radius 3 is 2.37 bits per heavy atom. The van der Waals surface area contributed by atoms with Gasteiger partial charge in [-0.05, 0) is 36.2 Å². The minimum Gasteiger partial charge on any atom is -0.416 e. The fourth-order valence-corrected chi connectivity index (χ4v) is 2.66. The van der Waals surface area contributed by atoms with Crippen LogP contribution in [0.1, 0.15) is 36.7 Å². The van der Waals surface area contributed by atoms with Crippen LogP contribution in [0.3, 0.4) is 0 Å². The maximum absolute atomic E-state index is 11.3. The molecule has 0 aliphatic carbocycles. The van der Waals surface area contributed by atoms with Crippen LogP contribution >= 0.6 is 0 Å². The van der Waals surface area contributed by atoms with E-state index < -0.39 is 8.32 Å². The molecule has 19 heavy (non-hydrogen) atoms. The van der Waals surface area contributed by atoms with Crippen LogP contribution in [0.5, 0.6) is 0 Å². The SMILES string of the molecule is CC(C)(C)[Si](C)(C)OCCc1ccccc1C(N)=O. The molecule has 0 aromatic heterocycles. The lowest BCUT2D eigenvalue weighted by molar-refractivity contribution is 0.0999. The Labute approximate surface area is 117 Å². The lowest BCUT2D eigenvalue weighted by atomic mass is 10.0. The van der Waals surface area contributed by atoms with E-state index in [1.165, 1.54) is 0 Å². The van der Waals surface area contributed by atoms with Gasteiger partial charge in [0.05, 0.1) is 0 Å². The summed E-state index contributed by atoms with van der Waals surface area (Å²) in [5, 5.41) is 0.205. The molecule has 0 unspecified atom stereocenters. The van der Waals surface area contributed by atoms with Gasteiger partial charge < -0.3 is 10.2 Å². The fourth-order valence-electron chi connectivity index (χ4n) is 1.61. The predicted molar refractivity (Wildman–Crippen MR) is 81.8 cm³/mol. The summed E-state index contributed by atoms with van der Waals surface area (Å²) in [6.45, 7) is 11.8. The highest BCUT2D eigenvalue weighted by Gasteiger charge is 2.36. The van der Waals surface area contributed by atoms with Crippen molar-refractivity contribution in [3.05, 3.63) is 35.4 Å². The Morgan fingerprint density at radius 1 is 1.26 bits per heavy atom. The molecule has 3 nitrogen and oxygen atoms in total. The molecule has 1 aromatic carbocycles. The van der Waals surface area contributed by atoms with E-state index in [2.05, 4.69) is 33.9 Å². The molecule has 0 spiro atoms. The van der Waals surface area contributed by atoms with E-state index in [4.69, 9.17) is 10.2 Å². The highest BCUT2D eigenvalue weighted by Crippen LogP contribution is 2.36. The molecule has 0 heterocycles. The molecule has 4 heteroatoms. The Balaban J connectivity index is 2.67. The number of hydrogen-bond acceptors (Lipinski definition) is 2. The number of amides is 1. The average molecular weight is 279 g/mol. The van der Waals surface area contributed by atoms with Gasteiger partial charge in [-0.3, -0.25) is 4.79 Å². The van der Waals surface area contributed by atoms with E-state index in [1.807, 2.05) is 18.2 Å². The van der Waals surface area contributed by atoms with Gasteiger partial charge in [0, 0.05) is 12.2 Å². The van der Waals surface area contributed by atoms with E-state index in [-0.39, 0.29) is 10.9 Å². The van der Waals surface area contributed by atoms with Crippen molar-refractivity contribution in [2.24, 2.45) is 5.73 Å². The van der Waals surface area contributed by atoms with E-state index in [1.54, 1.807) is 6.07 Å². The van der Waals surface area contributed by atoms with Gasteiger partial charge in [-0.1, -0.05) is 39.0 Å². The summed E-state index contributed by atoms with van der Waals surface area (Å²) in [5.41, 5.74) is 6.94. The molecule has 0 saturated carbocycles. The fraction of sp³-hybridized carbons (Fsp3) is 0.533. The largest absolute Gasteiger partial charge is 0.416 e. The zero-order valence-corrected chi connectivity index (χ0v) is 13.6. The van der Waals surface area contributed by atoms with Gasteiger partial charge in [-0.25, -0.2) is 0 Å². The zero-order chi connectivity index (χ0) is 14.7. The number of rotatable bonds is 5. The van der Waals surface area contributed by atoms with Gasteiger partial charge in [0.2, 0.25) is 5.91 Å². The first-order valence-corrected chi connectivity index (χ1v) is 9.57. The van der Waals surface area contributed by atoms with Gasteiger partial charge in [0.1, 0.15) is 0 Å². The van der Waals surface area contributed by atoms with Crippen LogP contribution in [0.15, 0.2) is 24.3 Å². The lowest BCUT2D eigenvalue weighted by Gasteiger charge is -2.36. The van der Waals surface area contributed by atoms with Crippen molar-refractivity contribution in [2.45, 2.75) is 45.3 Å². The standard InChI is InChI=1S/C15H25NO2Si/c1-15(2,3)19(4,5)18-11-10-12-8-6-7-9-13(12)14(16)17/h6-9H,10-11H2,1-5H3,(H2,16,17). The van der Waals surface area contributed by atoms with Crippen molar-refractivity contribution < 1.29 is 9.22 Å². The topological polar surface area (TPSA) is 52.3 Å². The number of carbonyl (C=O) groups excluding carboxylic acids is 1. The van der Waals surface area contributed by atoms with Crippen LogP contribution in [-0.2, 0) is 10.8 Å². The lowest BCUT2D eigenvalue weighted by Crippen LogP contribution is -2.41. The second kappa shape index (κ2) is 5.88. The summed E-state index contributed by atoms with van der Waals surface area (Å²) < 4.78 is 6.12. The smallest absolute Gasteiger partial charge is 0.248 e. The minimum absolute atomic E-state index is 0.205. The Kier molecular flexibility index (Phi) is 4.93. The molecule has 0 bridgehead atoms. The quantitative estimate of drug-likeness (QED) is 0.840. The summed E-state index contributed by atoms with van der Waals surface area (Å²) in [6.07, 6.45) is 0.728. The first-order chi connectivity index (χ1) is 8.65. The molecular formula is C15H25NO2Si. The van der Waals surface area contributed by atoms with E-state index >= 15 is 0 Å². The molecule has 0 atom stereocenters. The molecule has 1 rings (SSSR count). The summed E-state index contributed by atoms with van der Waals surface area (Å²) in [5.74, 6) is -0.372. The number of hydrogen-bond donors (Lipinski definition) is 1. The molecule has 2 N–H and O–H groups in total. The van der Waals surface area contributed by atoms with Gasteiger partial charge in [0.25, 0.3) is 0 Å². The van der Waals surface area contributed by atoms with Crippen LogP contribution in [0.4, 0.5) is 0 Å². The van der Waals surface area contributed by atoms with Crippen molar-refractivity contribution in [2.75, 3.05) is 6.61 Å². The van der Waals surface area contributed by atoms with E-state index in [0.29, 0.717) is 12.2 Å². The number of carbonyl (C=O) groups is 1. The average Bonchev–Trinajstić information content (AvgIpc) is 2.27. The minimum atomic E-state index is -1.72. The third kappa shape index (κ3) is 4.18. The van der Waals surface area contributed by atoms with Crippen molar-refractivity contribution in [1.82, 2.24) is 0 Å². The van der Waals surface area contributed by atoms with Crippen LogP contribution in [0.25, 0.3) is 0 Å². The molecule has 0 fully saturated rings.